The second-order valence-corrected chi connectivity index (χ2v) is 5.33. The predicted octanol–water partition coefficient (Wildman–Crippen LogP) is 1.19. The minimum Gasteiger partial charge on any atom is -0.490 e. The molecule has 21 heavy (non-hydrogen) atoms. The van der Waals surface area contributed by atoms with Crippen molar-refractivity contribution in [1.82, 2.24) is 15.1 Å². The van der Waals surface area contributed by atoms with Crippen LogP contribution in [0.3, 0.4) is 0 Å². The largest absolute Gasteiger partial charge is 0.490 e. The lowest BCUT2D eigenvalue weighted by atomic mass is 10.0. The molecule has 2 heterocycles. The third-order valence-corrected chi connectivity index (χ3v) is 3.92. The maximum absolute atomic E-state index is 12.3. The van der Waals surface area contributed by atoms with Crippen molar-refractivity contribution >= 4 is 5.91 Å². The average Bonchev–Trinajstić information content (AvgIpc) is 2.98. The van der Waals surface area contributed by atoms with E-state index in [9.17, 15) is 9.59 Å². The Morgan fingerprint density at radius 3 is 2.86 bits per heavy atom. The van der Waals surface area contributed by atoms with Crippen molar-refractivity contribution in [2.75, 3.05) is 6.61 Å². The van der Waals surface area contributed by atoms with Crippen LogP contribution in [0, 0.1) is 13.8 Å². The number of carbonyl (C=O) groups is 1. The maximum atomic E-state index is 12.3. The number of ether oxygens (including phenoxy) is 1. The summed E-state index contributed by atoms with van der Waals surface area (Å²) in [5.74, 6) is 0.554. The molecule has 2 aromatic rings. The Kier molecular flexibility index (Phi) is 3.08. The van der Waals surface area contributed by atoms with E-state index in [0.717, 1.165) is 22.4 Å². The van der Waals surface area contributed by atoms with Gasteiger partial charge in [-0.15, -0.1) is 0 Å². The monoisotopic (exact) mass is 287 g/mol. The van der Waals surface area contributed by atoms with E-state index in [1.165, 1.54) is 10.7 Å². The van der Waals surface area contributed by atoms with Gasteiger partial charge in [-0.1, -0.05) is 12.1 Å². The van der Waals surface area contributed by atoms with E-state index < -0.39 is 0 Å². The van der Waals surface area contributed by atoms with Crippen molar-refractivity contribution in [2.45, 2.75) is 19.9 Å². The van der Waals surface area contributed by atoms with E-state index in [1.54, 1.807) is 7.05 Å². The third-order valence-electron chi connectivity index (χ3n) is 3.92. The first-order chi connectivity index (χ1) is 9.97. The lowest BCUT2D eigenvalue weighted by Crippen LogP contribution is -2.30. The van der Waals surface area contributed by atoms with Crippen molar-refractivity contribution < 1.29 is 9.53 Å². The summed E-state index contributed by atoms with van der Waals surface area (Å²) in [4.78, 5) is 23.5. The SMILES string of the molecule is Cc1ccc2c(c1C)OCC2NC(=O)c1cc(=O)[nH]n1C. The summed E-state index contributed by atoms with van der Waals surface area (Å²) in [6, 6.07) is 5.09. The summed E-state index contributed by atoms with van der Waals surface area (Å²) >= 11 is 0. The van der Waals surface area contributed by atoms with Crippen LogP contribution in [0.4, 0.5) is 0 Å². The van der Waals surface area contributed by atoms with Crippen LogP contribution in [0.2, 0.25) is 0 Å². The first-order valence-electron chi connectivity index (χ1n) is 6.77. The van der Waals surface area contributed by atoms with E-state index >= 15 is 0 Å². The highest BCUT2D eigenvalue weighted by Crippen LogP contribution is 2.36. The number of carbonyl (C=O) groups excluding carboxylic acids is 1. The summed E-state index contributed by atoms with van der Waals surface area (Å²) in [7, 11) is 1.63. The fraction of sp³-hybridized carbons (Fsp3) is 0.333. The molecule has 0 radical (unpaired) electrons. The van der Waals surface area contributed by atoms with Gasteiger partial charge >= 0.3 is 0 Å². The molecule has 0 aliphatic carbocycles. The lowest BCUT2D eigenvalue weighted by Gasteiger charge is -2.12. The van der Waals surface area contributed by atoms with Gasteiger partial charge in [-0.3, -0.25) is 19.4 Å². The Labute approximate surface area is 121 Å². The van der Waals surface area contributed by atoms with Gasteiger partial charge in [0.15, 0.2) is 0 Å². The van der Waals surface area contributed by atoms with Crippen molar-refractivity contribution in [3.8, 4) is 5.75 Å². The van der Waals surface area contributed by atoms with E-state index in [0.29, 0.717) is 12.3 Å². The van der Waals surface area contributed by atoms with Crippen LogP contribution in [-0.2, 0) is 7.05 Å². The van der Waals surface area contributed by atoms with Crippen LogP contribution in [-0.4, -0.2) is 22.3 Å². The molecule has 6 heteroatoms. The van der Waals surface area contributed by atoms with E-state index in [2.05, 4.69) is 10.4 Å². The molecule has 6 nitrogen and oxygen atoms in total. The highest BCUT2D eigenvalue weighted by molar-refractivity contribution is 5.92. The van der Waals surface area contributed by atoms with Crippen LogP contribution in [0.25, 0.3) is 0 Å². The molecule has 0 spiro atoms. The van der Waals surface area contributed by atoms with Crippen LogP contribution in [0.5, 0.6) is 5.75 Å². The summed E-state index contributed by atoms with van der Waals surface area (Å²) in [6.45, 7) is 4.44. The molecular weight excluding hydrogens is 270 g/mol. The zero-order chi connectivity index (χ0) is 15.1. The summed E-state index contributed by atoms with van der Waals surface area (Å²) in [5, 5.41) is 5.43. The second kappa shape index (κ2) is 4.80. The molecule has 1 aromatic carbocycles. The Morgan fingerprint density at radius 2 is 2.19 bits per heavy atom. The van der Waals surface area contributed by atoms with Crippen LogP contribution < -0.4 is 15.6 Å². The summed E-state index contributed by atoms with van der Waals surface area (Å²) < 4.78 is 7.12. The highest BCUT2D eigenvalue weighted by atomic mass is 16.5. The molecule has 0 saturated heterocycles. The number of fused-ring (bicyclic) bond motifs is 1. The highest BCUT2D eigenvalue weighted by Gasteiger charge is 2.28. The predicted molar refractivity (Wildman–Crippen MR) is 77.7 cm³/mol. The van der Waals surface area contributed by atoms with Gasteiger partial charge in [-0.05, 0) is 25.0 Å². The van der Waals surface area contributed by atoms with Crippen molar-refractivity contribution in [2.24, 2.45) is 7.05 Å². The minimum atomic E-state index is -0.296. The third kappa shape index (κ3) is 2.22. The van der Waals surface area contributed by atoms with Crippen LogP contribution in [0.15, 0.2) is 23.0 Å². The van der Waals surface area contributed by atoms with Gasteiger partial charge in [0.2, 0.25) is 0 Å². The molecule has 3 rings (SSSR count). The molecular formula is C15H17N3O3. The molecule has 1 amide bonds. The van der Waals surface area contributed by atoms with Gasteiger partial charge in [0, 0.05) is 18.7 Å². The number of nitrogens with zero attached hydrogens (tertiary/aromatic N) is 1. The molecule has 0 fully saturated rings. The summed E-state index contributed by atoms with van der Waals surface area (Å²) in [6.07, 6.45) is 0. The standard InChI is InChI=1S/C15H17N3O3/c1-8-4-5-10-11(7-21-14(10)9(8)2)16-15(20)12-6-13(19)17-18(12)3/h4-6,11H,7H2,1-3H3,(H,16,20)(H,17,19). The normalized spacial score (nSPS) is 16.4. The smallest absolute Gasteiger partial charge is 0.270 e. The molecule has 1 aromatic heterocycles. The topological polar surface area (TPSA) is 76.1 Å². The maximum Gasteiger partial charge on any atom is 0.270 e. The van der Waals surface area contributed by atoms with Crippen LogP contribution in [0.1, 0.15) is 33.2 Å². The van der Waals surface area contributed by atoms with E-state index in [1.807, 2.05) is 26.0 Å². The Bertz CT molecular complexity index is 773. The number of aromatic amines is 1. The van der Waals surface area contributed by atoms with Gasteiger partial charge in [-0.2, -0.15) is 0 Å². The first kappa shape index (κ1) is 13.5. The lowest BCUT2D eigenvalue weighted by molar-refractivity contribution is 0.0920. The number of hydrogen-bond acceptors (Lipinski definition) is 3. The fourth-order valence-electron chi connectivity index (χ4n) is 2.58. The first-order valence-corrected chi connectivity index (χ1v) is 6.77. The fourth-order valence-corrected chi connectivity index (χ4v) is 2.58. The van der Waals surface area contributed by atoms with Gasteiger partial charge in [0.1, 0.15) is 18.1 Å². The Balaban J connectivity index is 1.86. The van der Waals surface area contributed by atoms with Crippen molar-refractivity contribution in [3.63, 3.8) is 0 Å². The second-order valence-electron chi connectivity index (χ2n) is 5.33. The molecule has 1 unspecified atom stereocenters. The average molecular weight is 287 g/mol. The number of nitrogens with one attached hydrogen (secondary N) is 2. The Morgan fingerprint density at radius 1 is 1.43 bits per heavy atom. The number of benzene rings is 1. The van der Waals surface area contributed by atoms with Gasteiger partial charge in [0.05, 0.1) is 6.04 Å². The minimum absolute atomic E-state index is 0.197. The van der Waals surface area contributed by atoms with Crippen molar-refractivity contribution in [1.29, 1.82) is 0 Å². The Hall–Kier alpha value is -2.50. The number of amides is 1. The van der Waals surface area contributed by atoms with Gasteiger partial charge < -0.3 is 10.1 Å². The number of H-pyrrole nitrogens is 1. The number of aromatic nitrogens is 2. The van der Waals surface area contributed by atoms with E-state index in [-0.39, 0.29) is 17.5 Å². The van der Waals surface area contributed by atoms with Crippen molar-refractivity contribution in [3.05, 3.63) is 50.9 Å². The van der Waals surface area contributed by atoms with E-state index in [4.69, 9.17) is 4.74 Å². The molecule has 1 aliphatic rings. The van der Waals surface area contributed by atoms with Gasteiger partial charge in [0.25, 0.3) is 11.5 Å². The molecule has 2 N–H and O–H groups in total. The molecule has 110 valence electrons. The zero-order valence-corrected chi connectivity index (χ0v) is 12.2. The number of hydrogen-bond donors (Lipinski definition) is 2. The molecule has 1 aliphatic heterocycles. The van der Waals surface area contributed by atoms with Gasteiger partial charge in [-0.25, -0.2) is 0 Å². The quantitative estimate of drug-likeness (QED) is 0.871. The van der Waals surface area contributed by atoms with Crippen LogP contribution >= 0.6 is 0 Å². The summed E-state index contributed by atoms with van der Waals surface area (Å²) in [5.41, 5.74) is 3.24. The molecule has 1 atom stereocenters. The number of aryl methyl sites for hydroxylation is 2. The zero-order valence-electron chi connectivity index (χ0n) is 12.2. The molecule has 0 bridgehead atoms. The molecule has 0 saturated carbocycles. The number of rotatable bonds is 2.